The lowest BCUT2D eigenvalue weighted by atomic mass is 10.1. The van der Waals surface area contributed by atoms with Crippen molar-refractivity contribution in [1.82, 2.24) is 14.9 Å². The molecule has 6 nitrogen and oxygen atoms in total. The van der Waals surface area contributed by atoms with E-state index in [2.05, 4.69) is 56.3 Å². The molecule has 1 aliphatic rings. The minimum Gasteiger partial charge on any atom is -0.493 e. The molecule has 0 atom stereocenters. The number of para-hydroxylation sites is 4. The number of methoxy groups -OCH3 is 1. The molecule has 3 heterocycles. The van der Waals surface area contributed by atoms with Crippen molar-refractivity contribution in [2.24, 2.45) is 0 Å². The molecule has 188 valence electrons. The fourth-order valence-corrected chi connectivity index (χ4v) is 5.29. The number of nitrogens with one attached hydrogen (secondary N) is 1. The highest BCUT2D eigenvalue weighted by atomic mass is 16.5. The van der Waals surface area contributed by atoms with Crippen LogP contribution in [0.2, 0.25) is 0 Å². The first kappa shape index (κ1) is 23.4. The Morgan fingerprint density at radius 1 is 0.865 bits per heavy atom. The molecule has 0 saturated carbocycles. The molecule has 0 spiro atoms. The molecular formula is C31H32N4O2. The van der Waals surface area contributed by atoms with Crippen LogP contribution in [0.5, 0.6) is 17.2 Å². The number of aromatic nitrogens is 2. The Kier molecular flexibility index (Phi) is 6.65. The van der Waals surface area contributed by atoms with Gasteiger partial charge in [-0.15, -0.1) is 0 Å². The first-order valence-corrected chi connectivity index (χ1v) is 13.0. The Hall–Kier alpha value is -4.03. The van der Waals surface area contributed by atoms with Crippen LogP contribution < -0.4 is 14.4 Å². The Morgan fingerprint density at radius 3 is 2.49 bits per heavy atom. The highest BCUT2D eigenvalue weighted by molar-refractivity contribution is 5.96. The van der Waals surface area contributed by atoms with E-state index < -0.39 is 0 Å². The normalized spacial score (nSPS) is 14.4. The molecule has 2 aromatic heterocycles. The van der Waals surface area contributed by atoms with Gasteiger partial charge in [-0.25, -0.2) is 0 Å². The molecule has 5 aromatic rings. The molecule has 1 aliphatic heterocycles. The standard InChI is InChI=1S/C31H32N4O2/c1-36-30-12-4-5-13-31(30)37-29-11-3-2-10-28(29)35-18-16-34(17-19-35)15-7-9-24-22-33-27-20-23-8-6-14-32-26(23)21-25(24)27/h2-6,8,10-14,20-22,33H,7,9,15-19H2,1H3. The third kappa shape index (κ3) is 4.98. The molecule has 0 aliphatic carbocycles. The van der Waals surface area contributed by atoms with Crippen molar-refractivity contribution < 1.29 is 9.47 Å². The van der Waals surface area contributed by atoms with E-state index in [0.717, 1.165) is 74.0 Å². The van der Waals surface area contributed by atoms with Crippen molar-refractivity contribution in [3.63, 3.8) is 0 Å². The number of anilines is 1. The summed E-state index contributed by atoms with van der Waals surface area (Å²) in [5.74, 6) is 2.33. The van der Waals surface area contributed by atoms with Crippen LogP contribution >= 0.6 is 0 Å². The van der Waals surface area contributed by atoms with E-state index in [-0.39, 0.29) is 0 Å². The summed E-state index contributed by atoms with van der Waals surface area (Å²) in [5, 5.41) is 2.47. The second kappa shape index (κ2) is 10.5. The van der Waals surface area contributed by atoms with Gasteiger partial charge in [-0.3, -0.25) is 9.88 Å². The SMILES string of the molecule is COc1ccccc1Oc1ccccc1N1CCN(CCCc2c[nH]c3cc4cccnc4cc23)CC1. The number of hydrogen-bond donors (Lipinski definition) is 1. The third-order valence-corrected chi connectivity index (χ3v) is 7.28. The van der Waals surface area contributed by atoms with Gasteiger partial charge in [0.15, 0.2) is 17.2 Å². The fourth-order valence-electron chi connectivity index (χ4n) is 5.29. The summed E-state index contributed by atoms with van der Waals surface area (Å²) in [6.07, 6.45) is 6.23. The van der Waals surface area contributed by atoms with Gasteiger partial charge in [-0.2, -0.15) is 0 Å². The maximum absolute atomic E-state index is 6.29. The van der Waals surface area contributed by atoms with Crippen molar-refractivity contribution in [3.8, 4) is 17.2 Å². The van der Waals surface area contributed by atoms with Crippen molar-refractivity contribution in [3.05, 3.63) is 90.8 Å². The molecule has 0 bridgehead atoms. The minimum absolute atomic E-state index is 0.733. The lowest BCUT2D eigenvalue weighted by Crippen LogP contribution is -2.46. The van der Waals surface area contributed by atoms with Crippen LogP contribution in [0.25, 0.3) is 21.8 Å². The summed E-state index contributed by atoms with van der Waals surface area (Å²) in [5.41, 5.74) is 4.76. The molecule has 6 rings (SSSR count). The second-order valence-corrected chi connectivity index (χ2v) is 9.56. The van der Waals surface area contributed by atoms with Gasteiger partial charge in [-0.05, 0) is 67.4 Å². The molecular weight excluding hydrogens is 460 g/mol. The predicted molar refractivity (Wildman–Crippen MR) is 150 cm³/mol. The summed E-state index contributed by atoms with van der Waals surface area (Å²) in [4.78, 5) is 13.0. The van der Waals surface area contributed by atoms with Gasteiger partial charge in [0.25, 0.3) is 0 Å². The molecule has 1 fully saturated rings. The summed E-state index contributed by atoms with van der Waals surface area (Å²) in [7, 11) is 1.67. The maximum Gasteiger partial charge on any atom is 0.169 e. The van der Waals surface area contributed by atoms with Gasteiger partial charge in [0.1, 0.15) is 0 Å². The van der Waals surface area contributed by atoms with Crippen LogP contribution in [0.4, 0.5) is 5.69 Å². The average molecular weight is 493 g/mol. The molecule has 0 amide bonds. The number of piperazine rings is 1. The lowest BCUT2D eigenvalue weighted by molar-refractivity contribution is 0.254. The van der Waals surface area contributed by atoms with Crippen LogP contribution in [-0.4, -0.2) is 54.7 Å². The fraction of sp³-hybridized carbons (Fsp3) is 0.258. The summed E-state index contributed by atoms with van der Waals surface area (Å²) in [6, 6.07) is 24.6. The van der Waals surface area contributed by atoms with E-state index in [9.17, 15) is 0 Å². The predicted octanol–water partition coefficient (Wildman–Crippen LogP) is 6.27. The number of aromatic amines is 1. The quantitative estimate of drug-likeness (QED) is 0.277. The maximum atomic E-state index is 6.29. The van der Waals surface area contributed by atoms with Gasteiger partial charge in [-0.1, -0.05) is 30.3 Å². The number of fused-ring (bicyclic) bond motifs is 2. The zero-order valence-corrected chi connectivity index (χ0v) is 21.2. The van der Waals surface area contributed by atoms with Crippen LogP contribution in [-0.2, 0) is 6.42 Å². The largest absolute Gasteiger partial charge is 0.493 e. The highest BCUT2D eigenvalue weighted by Crippen LogP contribution is 2.36. The number of benzene rings is 3. The van der Waals surface area contributed by atoms with E-state index in [1.165, 1.54) is 21.9 Å². The molecule has 1 N–H and O–H groups in total. The van der Waals surface area contributed by atoms with E-state index in [1.807, 2.05) is 48.7 Å². The summed E-state index contributed by atoms with van der Waals surface area (Å²) < 4.78 is 11.8. The molecule has 37 heavy (non-hydrogen) atoms. The van der Waals surface area contributed by atoms with E-state index in [0.29, 0.717) is 0 Å². The smallest absolute Gasteiger partial charge is 0.169 e. The van der Waals surface area contributed by atoms with E-state index >= 15 is 0 Å². The molecule has 1 saturated heterocycles. The van der Waals surface area contributed by atoms with Crippen LogP contribution in [0.15, 0.2) is 85.2 Å². The number of hydrogen-bond acceptors (Lipinski definition) is 5. The van der Waals surface area contributed by atoms with Gasteiger partial charge in [0, 0.05) is 54.9 Å². The first-order valence-electron chi connectivity index (χ1n) is 13.0. The Morgan fingerprint density at radius 2 is 1.65 bits per heavy atom. The third-order valence-electron chi connectivity index (χ3n) is 7.28. The summed E-state index contributed by atoms with van der Waals surface area (Å²) >= 11 is 0. The second-order valence-electron chi connectivity index (χ2n) is 9.56. The van der Waals surface area contributed by atoms with Crippen molar-refractivity contribution in [1.29, 1.82) is 0 Å². The minimum atomic E-state index is 0.733. The Labute approximate surface area is 217 Å². The lowest BCUT2D eigenvalue weighted by Gasteiger charge is -2.36. The Bertz CT molecular complexity index is 1500. The molecule has 0 radical (unpaired) electrons. The highest BCUT2D eigenvalue weighted by Gasteiger charge is 2.20. The molecule has 0 unspecified atom stereocenters. The number of ether oxygens (including phenoxy) is 2. The van der Waals surface area contributed by atoms with E-state index in [4.69, 9.17) is 9.47 Å². The number of aryl methyl sites for hydroxylation is 1. The van der Waals surface area contributed by atoms with Crippen LogP contribution in [0.1, 0.15) is 12.0 Å². The van der Waals surface area contributed by atoms with Crippen molar-refractivity contribution in [2.45, 2.75) is 12.8 Å². The van der Waals surface area contributed by atoms with Gasteiger partial charge >= 0.3 is 0 Å². The van der Waals surface area contributed by atoms with Gasteiger partial charge in [0.2, 0.25) is 0 Å². The van der Waals surface area contributed by atoms with Crippen LogP contribution in [0, 0.1) is 0 Å². The average Bonchev–Trinajstić information content (AvgIpc) is 3.34. The first-order chi connectivity index (χ1) is 18.3. The van der Waals surface area contributed by atoms with Crippen LogP contribution in [0.3, 0.4) is 0 Å². The van der Waals surface area contributed by atoms with Crippen molar-refractivity contribution >= 4 is 27.5 Å². The molecule has 3 aromatic carbocycles. The number of rotatable bonds is 8. The number of H-pyrrole nitrogens is 1. The number of nitrogens with zero attached hydrogens (tertiary/aromatic N) is 3. The summed E-state index contributed by atoms with van der Waals surface area (Å²) in [6.45, 7) is 5.16. The topological polar surface area (TPSA) is 53.6 Å². The monoisotopic (exact) mass is 492 g/mol. The molecule has 6 heteroatoms. The Balaban J connectivity index is 1.06. The van der Waals surface area contributed by atoms with Gasteiger partial charge in [0.05, 0.1) is 18.3 Å². The zero-order chi connectivity index (χ0) is 25.0. The van der Waals surface area contributed by atoms with Gasteiger partial charge < -0.3 is 19.4 Å². The van der Waals surface area contributed by atoms with Crippen molar-refractivity contribution in [2.75, 3.05) is 44.7 Å². The van der Waals surface area contributed by atoms with E-state index in [1.54, 1.807) is 7.11 Å². The number of pyridine rings is 1. The zero-order valence-electron chi connectivity index (χ0n) is 21.2.